The minimum atomic E-state index is -0.287. The lowest BCUT2D eigenvalue weighted by atomic mass is 9.95. The topological polar surface area (TPSA) is 47.9 Å². The van der Waals surface area contributed by atoms with E-state index in [2.05, 4.69) is 28.8 Å². The maximum Gasteiger partial charge on any atom is 0.307 e. The van der Waals surface area contributed by atoms with Crippen LogP contribution < -0.4 is 0 Å². The first kappa shape index (κ1) is 15.2. The Morgan fingerprint density at radius 3 is 2.91 bits per heavy atom. The van der Waals surface area contributed by atoms with Gasteiger partial charge in [0.1, 0.15) is 6.10 Å². The Labute approximate surface area is 135 Å². The number of oxime groups is 1. The molecule has 0 aromatic heterocycles. The highest BCUT2D eigenvalue weighted by Crippen LogP contribution is 2.22. The van der Waals surface area contributed by atoms with Crippen LogP contribution in [0, 0.1) is 29.6 Å². The van der Waals surface area contributed by atoms with E-state index in [1.165, 1.54) is 0 Å². The summed E-state index contributed by atoms with van der Waals surface area (Å²) < 4.78 is 5.05. The first-order valence-electron chi connectivity index (χ1n) is 7.74. The van der Waals surface area contributed by atoms with E-state index in [-0.39, 0.29) is 24.4 Å². The van der Waals surface area contributed by atoms with Crippen molar-refractivity contribution in [3.8, 4) is 23.7 Å². The molecule has 0 unspecified atom stereocenters. The van der Waals surface area contributed by atoms with Gasteiger partial charge in [0.15, 0.2) is 0 Å². The standard InChI is InChI=1S/C19H17NO3/c1-2-22-19(21)12-16-11-10-15-7-4-3-6-14(15)8-5-9-17-13-18(16)20-23-17/h3-4,6-7,16-17H,2,9,12-13H2,1H3/t16-,17-/m0/s1. The molecule has 2 atom stereocenters. The van der Waals surface area contributed by atoms with Crippen molar-refractivity contribution in [3.63, 3.8) is 0 Å². The van der Waals surface area contributed by atoms with Crippen molar-refractivity contribution < 1.29 is 14.4 Å². The molecule has 0 saturated carbocycles. The number of carbonyl (C=O) groups is 1. The number of ether oxygens (including phenoxy) is 1. The van der Waals surface area contributed by atoms with Gasteiger partial charge in [0.25, 0.3) is 0 Å². The Morgan fingerprint density at radius 2 is 2.13 bits per heavy atom. The molecular formula is C19H17NO3. The second-order valence-electron chi connectivity index (χ2n) is 5.40. The van der Waals surface area contributed by atoms with E-state index in [0.29, 0.717) is 19.4 Å². The molecule has 4 heteroatoms. The molecule has 23 heavy (non-hydrogen) atoms. The molecule has 3 rings (SSSR count). The monoisotopic (exact) mass is 307 g/mol. The molecule has 0 fully saturated rings. The van der Waals surface area contributed by atoms with Gasteiger partial charge >= 0.3 is 5.97 Å². The molecular weight excluding hydrogens is 290 g/mol. The van der Waals surface area contributed by atoms with Crippen molar-refractivity contribution in [1.82, 2.24) is 0 Å². The number of hydrogen-bond donors (Lipinski definition) is 0. The van der Waals surface area contributed by atoms with Crippen LogP contribution in [-0.2, 0) is 14.4 Å². The number of benzene rings is 1. The largest absolute Gasteiger partial charge is 0.466 e. The van der Waals surface area contributed by atoms with Gasteiger partial charge < -0.3 is 9.57 Å². The predicted octanol–water partition coefficient (Wildman–Crippen LogP) is 2.51. The van der Waals surface area contributed by atoms with Crippen LogP contribution in [0.4, 0.5) is 0 Å². The first-order valence-corrected chi connectivity index (χ1v) is 7.74. The van der Waals surface area contributed by atoms with Crippen LogP contribution >= 0.6 is 0 Å². The minimum Gasteiger partial charge on any atom is -0.466 e. The van der Waals surface area contributed by atoms with Gasteiger partial charge in [-0.25, -0.2) is 0 Å². The molecule has 1 aliphatic heterocycles. The van der Waals surface area contributed by atoms with Crippen LogP contribution in [0.1, 0.15) is 37.3 Å². The van der Waals surface area contributed by atoms with E-state index >= 15 is 0 Å². The number of rotatable bonds is 3. The smallest absolute Gasteiger partial charge is 0.307 e. The average molecular weight is 307 g/mol. The maximum absolute atomic E-state index is 11.8. The summed E-state index contributed by atoms with van der Waals surface area (Å²) in [7, 11) is 0. The number of nitrogens with zero attached hydrogens (tertiary/aromatic N) is 1. The minimum absolute atomic E-state index is 0.0609. The van der Waals surface area contributed by atoms with Crippen molar-refractivity contribution in [2.75, 3.05) is 6.61 Å². The number of esters is 1. The fraction of sp³-hybridized carbons (Fsp3) is 0.368. The van der Waals surface area contributed by atoms with E-state index in [0.717, 1.165) is 16.8 Å². The Morgan fingerprint density at radius 1 is 1.35 bits per heavy atom. The van der Waals surface area contributed by atoms with Gasteiger partial charge in [-0.2, -0.15) is 0 Å². The Balaban J connectivity index is 1.94. The second kappa shape index (κ2) is 7.03. The summed E-state index contributed by atoms with van der Waals surface area (Å²) in [5, 5.41) is 4.12. The zero-order valence-electron chi connectivity index (χ0n) is 13.0. The maximum atomic E-state index is 11.8. The molecule has 1 aromatic carbocycles. The predicted molar refractivity (Wildman–Crippen MR) is 86.5 cm³/mol. The van der Waals surface area contributed by atoms with Gasteiger partial charge in [0.05, 0.1) is 24.7 Å². The number of hydrogen-bond acceptors (Lipinski definition) is 4. The summed E-state index contributed by atoms with van der Waals surface area (Å²) in [5.74, 6) is 12.0. The SMILES string of the molecule is CCOC(=O)C[C@@H]1C#Cc2ccccc2C#CC[C@H]2CC1=NO2. The summed E-state index contributed by atoms with van der Waals surface area (Å²) in [6.07, 6.45) is 1.39. The van der Waals surface area contributed by atoms with Crippen molar-refractivity contribution in [1.29, 1.82) is 0 Å². The van der Waals surface area contributed by atoms with Crippen LogP contribution in [0.25, 0.3) is 0 Å². The Kier molecular flexibility index (Phi) is 4.64. The van der Waals surface area contributed by atoms with E-state index in [1.54, 1.807) is 6.92 Å². The normalized spacial score (nSPS) is 21.2. The van der Waals surface area contributed by atoms with Crippen LogP contribution in [0.15, 0.2) is 29.4 Å². The lowest BCUT2D eigenvalue weighted by molar-refractivity contribution is -0.143. The molecule has 1 heterocycles. The molecule has 4 nitrogen and oxygen atoms in total. The third kappa shape index (κ3) is 3.73. The Hall–Kier alpha value is -2.72. The van der Waals surface area contributed by atoms with Crippen molar-refractivity contribution in [2.45, 2.75) is 32.3 Å². The molecule has 2 bridgehead atoms. The average Bonchev–Trinajstić information content (AvgIpc) is 3.00. The molecule has 0 radical (unpaired) electrons. The molecule has 0 N–H and O–H groups in total. The van der Waals surface area contributed by atoms with E-state index < -0.39 is 0 Å². The highest BCUT2D eigenvalue weighted by atomic mass is 16.6. The fourth-order valence-electron chi connectivity index (χ4n) is 2.53. The highest BCUT2D eigenvalue weighted by molar-refractivity contribution is 5.93. The molecule has 1 aliphatic carbocycles. The van der Waals surface area contributed by atoms with Gasteiger partial charge in [-0.1, -0.05) is 41.0 Å². The molecule has 0 saturated heterocycles. The summed E-state index contributed by atoms with van der Waals surface area (Å²) in [5.41, 5.74) is 2.57. The Bertz CT molecular complexity index is 758. The van der Waals surface area contributed by atoms with Crippen molar-refractivity contribution in [3.05, 3.63) is 35.4 Å². The van der Waals surface area contributed by atoms with Crippen LogP contribution in [0.2, 0.25) is 0 Å². The molecule has 1 aromatic rings. The van der Waals surface area contributed by atoms with Crippen LogP contribution in [0.5, 0.6) is 0 Å². The number of carbonyl (C=O) groups excluding carboxylic acids is 1. The van der Waals surface area contributed by atoms with Crippen LogP contribution in [0.3, 0.4) is 0 Å². The highest BCUT2D eigenvalue weighted by Gasteiger charge is 2.28. The third-order valence-electron chi connectivity index (χ3n) is 3.70. The van der Waals surface area contributed by atoms with Gasteiger partial charge in [0, 0.05) is 24.0 Å². The summed E-state index contributed by atoms with van der Waals surface area (Å²) in [4.78, 5) is 17.3. The molecule has 0 amide bonds. The van der Waals surface area contributed by atoms with Gasteiger partial charge in [-0.15, -0.1) is 0 Å². The fourth-order valence-corrected chi connectivity index (χ4v) is 2.53. The zero-order valence-corrected chi connectivity index (χ0v) is 13.0. The molecule has 116 valence electrons. The quantitative estimate of drug-likeness (QED) is 0.637. The summed E-state index contributed by atoms with van der Waals surface area (Å²) >= 11 is 0. The van der Waals surface area contributed by atoms with Crippen molar-refractivity contribution in [2.24, 2.45) is 11.1 Å². The zero-order chi connectivity index (χ0) is 16.1. The molecule has 2 aliphatic rings. The number of fused-ring (bicyclic) bond motifs is 3. The van der Waals surface area contributed by atoms with Gasteiger partial charge in [0.2, 0.25) is 0 Å². The lowest BCUT2D eigenvalue weighted by Crippen LogP contribution is -2.19. The van der Waals surface area contributed by atoms with E-state index in [4.69, 9.17) is 9.57 Å². The van der Waals surface area contributed by atoms with E-state index in [1.807, 2.05) is 24.3 Å². The summed E-state index contributed by atoms with van der Waals surface area (Å²) in [6.45, 7) is 2.15. The van der Waals surface area contributed by atoms with Crippen LogP contribution in [-0.4, -0.2) is 24.4 Å². The second-order valence-corrected chi connectivity index (χ2v) is 5.40. The summed E-state index contributed by atoms with van der Waals surface area (Å²) in [6, 6.07) is 7.76. The first-order chi connectivity index (χ1) is 11.3. The van der Waals surface area contributed by atoms with Gasteiger partial charge in [-0.3, -0.25) is 4.79 Å². The van der Waals surface area contributed by atoms with Crippen molar-refractivity contribution >= 4 is 11.7 Å². The lowest BCUT2D eigenvalue weighted by Gasteiger charge is -2.09. The van der Waals surface area contributed by atoms with Gasteiger partial charge in [-0.05, 0) is 19.1 Å². The third-order valence-corrected chi connectivity index (χ3v) is 3.70. The molecule has 0 spiro atoms. The van der Waals surface area contributed by atoms with E-state index in [9.17, 15) is 4.79 Å².